The third-order valence-corrected chi connectivity index (χ3v) is 3.01. The van der Waals surface area contributed by atoms with Crippen molar-refractivity contribution in [2.24, 2.45) is 0 Å². The summed E-state index contributed by atoms with van der Waals surface area (Å²) in [5.41, 5.74) is 4.37. The Hall–Kier alpha value is -2.41. The molecule has 0 bridgehead atoms. The standard InChI is InChI=1S/C15H16N4/c1-11-4-5-13(12(2)10-11)14-6-7-15(18-17-14)19(3)9-8-16/h4-7,10H,9H2,1-3H3. The average molecular weight is 252 g/mol. The van der Waals surface area contributed by atoms with E-state index in [4.69, 9.17) is 5.26 Å². The molecular weight excluding hydrogens is 236 g/mol. The van der Waals surface area contributed by atoms with Crippen LogP contribution in [0.3, 0.4) is 0 Å². The van der Waals surface area contributed by atoms with Crippen LogP contribution in [0.5, 0.6) is 0 Å². The molecule has 0 N–H and O–H groups in total. The number of benzene rings is 1. The highest BCUT2D eigenvalue weighted by Crippen LogP contribution is 2.22. The van der Waals surface area contributed by atoms with Crippen LogP contribution >= 0.6 is 0 Å². The van der Waals surface area contributed by atoms with Gasteiger partial charge in [0.05, 0.1) is 11.8 Å². The van der Waals surface area contributed by atoms with Crippen molar-refractivity contribution in [3.05, 3.63) is 41.5 Å². The molecule has 1 heterocycles. The second-order valence-corrected chi connectivity index (χ2v) is 4.61. The number of aromatic nitrogens is 2. The minimum Gasteiger partial charge on any atom is -0.345 e. The summed E-state index contributed by atoms with van der Waals surface area (Å²) in [6, 6.07) is 12.2. The second-order valence-electron chi connectivity index (χ2n) is 4.61. The number of hydrogen-bond donors (Lipinski definition) is 0. The van der Waals surface area contributed by atoms with Crippen molar-refractivity contribution < 1.29 is 0 Å². The first-order valence-corrected chi connectivity index (χ1v) is 6.11. The molecule has 0 aliphatic rings. The number of hydrogen-bond acceptors (Lipinski definition) is 4. The molecule has 0 fully saturated rings. The van der Waals surface area contributed by atoms with Gasteiger partial charge in [-0.25, -0.2) is 0 Å². The molecule has 0 aliphatic carbocycles. The van der Waals surface area contributed by atoms with Crippen molar-refractivity contribution in [1.29, 1.82) is 5.26 Å². The van der Waals surface area contributed by atoms with Gasteiger partial charge in [0.1, 0.15) is 6.54 Å². The maximum Gasteiger partial charge on any atom is 0.151 e. The lowest BCUT2D eigenvalue weighted by Crippen LogP contribution is -2.18. The van der Waals surface area contributed by atoms with Gasteiger partial charge >= 0.3 is 0 Å². The summed E-state index contributed by atoms with van der Waals surface area (Å²) in [7, 11) is 1.82. The topological polar surface area (TPSA) is 52.8 Å². The molecule has 0 amide bonds. The van der Waals surface area contributed by atoms with Crippen LogP contribution in [0.1, 0.15) is 11.1 Å². The number of nitriles is 1. The summed E-state index contributed by atoms with van der Waals surface area (Å²) in [6.45, 7) is 4.44. The molecule has 0 radical (unpaired) electrons. The van der Waals surface area contributed by atoms with Crippen LogP contribution in [0.2, 0.25) is 0 Å². The number of anilines is 1. The van der Waals surface area contributed by atoms with Crippen LogP contribution in [0, 0.1) is 25.2 Å². The number of nitrogens with zero attached hydrogens (tertiary/aromatic N) is 4. The van der Waals surface area contributed by atoms with E-state index >= 15 is 0 Å². The molecule has 1 aromatic carbocycles. The van der Waals surface area contributed by atoms with E-state index in [-0.39, 0.29) is 0 Å². The molecule has 0 unspecified atom stereocenters. The Morgan fingerprint density at radius 2 is 1.95 bits per heavy atom. The molecule has 96 valence electrons. The maximum atomic E-state index is 8.65. The van der Waals surface area contributed by atoms with Crippen molar-refractivity contribution >= 4 is 5.82 Å². The van der Waals surface area contributed by atoms with Gasteiger partial charge in [-0.2, -0.15) is 5.26 Å². The predicted octanol–water partition coefficient (Wildman–Crippen LogP) is 2.72. The third-order valence-electron chi connectivity index (χ3n) is 3.01. The maximum absolute atomic E-state index is 8.65. The number of rotatable bonds is 3. The van der Waals surface area contributed by atoms with Gasteiger partial charge in [0.25, 0.3) is 0 Å². The van der Waals surface area contributed by atoms with Crippen molar-refractivity contribution in [3.63, 3.8) is 0 Å². The fourth-order valence-electron chi connectivity index (χ4n) is 1.96. The van der Waals surface area contributed by atoms with E-state index in [2.05, 4.69) is 48.3 Å². The molecule has 2 rings (SSSR count). The molecule has 0 saturated carbocycles. The molecule has 0 aliphatic heterocycles. The SMILES string of the molecule is Cc1ccc(-c2ccc(N(C)CC#N)nn2)c(C)c1. The lowest BCUT2D eigenvalue weighted by atomic mass is 10.0. The van der Waals surface area contributed by atoms with E-state index in [0.29, 0.717) is 12.4 Å². The zero-order chi connectivity index (χ0) is 13.8. The predicted molar refractivity (Wildman–Crippen MR) is 75.8 cm³/mol. The Morgan fingerprint density at radius 3 is 2.53 bits per heavy atom. The van der Waals surface area contributed by atoms with E-state index in [1.807, 2.05) is 19.2 Å². The van der Waals surface area contributed by atoms with E-state index < -0.39 is 0 Å². The highest BCUT2D eigenvalue weighted by Gasteiger charge is 2.06. The van der Waals surface area contributed by atoms with E-state index in [9.17, 15) is 0 Å². The van der Waals surface area contributed by atoms with Crippen molar-refractivity contribution in [3.8, 4) is 17.3 Å². The molecule has 19 heavy (non-hydrogen) atoms. The smallest absolute Gasteiger partial charge is 0.151 e. The van der Waals surface area contributed by atoms with E-state index in [1.54, 1.807) is 4.90 Å². The van der Waals surface area contributed by atoms with Crippen molar-refractivity contribution in [2.45, 2.75) is 13.8 Å². The van der Waals surface area contributed by atoms with Gasteiger partial charge in [-0.3, -0.25) is 0 Å². The van der Waals surface area contributed by atoms with Crippen LogP contribution < -0.4 is 4.90 Å². The Kier molecular flexibility index (Phi) is 3.76. The van der Waals surface area contributed by atoms with E-state index in [1.165, 1.54) is 11.1 Å². The minimum absolute atomic E-state index is 0.303. The second kappa shape index (κ2) is 5.49. The molecule has 1 aromatic heterocycles. The highest BCUT2D eigenvalue weighted by molar-refractivity contribution is 5.64. The lowest BCUT2D eigenvalue weighted by Gasteiger charge is -2.13. The highest BCUT2D eigenvalue weighted by atomic mass is 15.2. The van der Waals surface area contributed by atoms with Gasteiger partial charge in [-0.05, 0) is 31.5 Å². The molecule has 4 nitrogen and oxygen atoms in total. The fraction of sp³-hybridized carbons (Fsp3) is 0.267. The summed E-state index contributed by atoms with van der Waals surface area (Å²) in [4.78, 5) is 1.76. The average Bonchev–Trinajstić information content (AvgIpc) is 2.39. The summed E-state index contributed by atoms with van der Waals surface area (Å²) >= 11 is 0. The first-order chi connectivity index (χ1) is 9.11. The summed E-state index contributed by atoms with van der Waals surface area (Å²) < 4.78 is 0. The zero-order valence-corrected chi connectivity index (χ0v) is 11.4. The lowest BCUT2D eigenvalue weighted by molar-refractivity contribution is 0.934. The first-order valence-electron chi connectivity index (χ1n) is 6.11. The zero-order valence-electron chi connectivity index (χ0n) is 11.4. The van der Waals surface area contributed by atoms with Crippen LogP contribution in [-0.4, -0.2) is 23.8 Å². The van der Waals surface area contributed by atoms with Crippen LogP contribution in [-0.2, 0) is 0 Å². The van der Waals surface area contributed by atoms with Gasteiger partial charge in [-0.15, -0.1) is 10.2 Å². The minimum atomic E-state index is 0.303. The Balaban J connectivity index is 2.30. The van der Waals surface area contributed by atoms with Gasteiger partial charge < -0.3 is 4.90 Å². The van der Waals surface area contributed by atoms with Gasteiger partial charge in [0.2, 0.25) is 0 Å². The van der Waals surface area contributed by atoms with Crippen LogP contribution in [0.4, 0.5) is 5.82 Å². The Bertz CT molecular complexity index is 611. The molecule has 0 saturated heterocycles. The molecular formula is C15H16N4. The Labute approximate surface area is 113 Å². The van der Waals surface area contributed by atoms with Gasteiger partial charge in [0, 0.05) is 12.6 Å². The van der Waals surface area contributed by atoms with Gasteiger partial charge in [-0.1, -0.05) is 23.8 Å². The molecule has 4 heteroatoms. The Morgan fingerprint density at radius 1 is 1.16 bits per heavy atom. The summed E-state index contributed by atoms with van der Waals surface area (Å²) in [6.07, 6.45) is 0. The van der Waals surface area contributed by atoms with Crippen LogP contribution in [0.15, 0.2) is 30.3 Å². The molecule has 2 aromatic rings. The normalized spacial score (nSPS) is 10.0. The fourth-order valence-corrected chi connectivity index (χ4v) is 1.96. The largest absolute Gasteiger partial charge is 0.345 e. The molecule has 0 spiro atoms. The quantitative estimate of drug-likeness (QED) is 0.788. The summed E-state index contributed by atoms with van der Waals surface area (Å²) in [5, 5.41) is 17.1. The third kappa shape index (κ3) is 2.89. The van der Waals surface area contributed by atoms with Crippen molar-refractivity contribution in [1.82, 2.24) is 10.2 Å². The van der Waals surface area contributed by atoms with Crippen molar-refractivity contribution in [2.75, 3.05) is 18.5 Å². The molecule has 0 atom stereocenters. The van der Waals surface area contributed by atoms with E-state index in [0.717, 1.165) is 11.3 Å². The first kappa shape index (κ1) is 13.0. The monoisotopic (exact) mass is 252 g/mol. The number of aryl methyl sites for hydroxylation is 2. The van der Waals surface area contributed by atoms with Crippen LogP contribution in [0.25, 0.3) is 11.3 Å². The summed E-state index contributed by atoms with van der Waals surface area (Å²) in [5.74, 6) is 0.704. The van der Waals surface area contributed by atoms with Gasteiger partial charge in [0.15, 0.2) is 5.82 Å².